The minimum absolute atomic E-state index is 0.0300. The zero-order chi connectivity index (χ0) is 11.7. The van der Waals surface area contributed by atoms with E-state index in [0.717, 1.165) is 19.3 Å². The summed E-state index contributed by atoms with van der Waals surface area (Å²) in [7, 11) is 1.72. The fourth-order valence-electron chi connectivity index (χ4n) is 1.58. The predicted molar refractivity (Wildman–Crippen MR) is 61.4 cm³/mol. The molecule has 0 aromatic heterocycles. The maximum absolute atomic E-state index is 11.5. The summed E-state index contributed by atoms with van der Waals surface area (Å²) < 4.78 is 0. The number of nitrogens with zero attached hydrogens (tertiary/aromatic N) is 1. The van der Waals surface area contributed by atoms with Gasteiger partial charge in [-0.1, -0.05) is 13.3 Å². The zero-order valence-corrected chi connectivity index (χ0v) is 9.91. The van der Waals surface area contributed by atoms with Crippen molar-refractivity contribution in [1.82, 2.24) is 4.90 Å². The van der Waals surface area contributed by atoms with Gasteiger partial charge >= 0.3 is 0 Å². The van der Waals surface area contributed by atoms with E-state index in [-0.39, 0.29) is 12.5 Å². The summed E-state index contributed by atoms with van der Waals surface area (Å²) >= 11 is 0. The van der Waals surface area contributed by atoms with Crippen LogP contribution in [0.2, 0.25) is 0 Å². The van der Waals surface area contributed by atoms with Gasteiger partial charge in [-0.25, -0.2) is 0 Å². The predicted octanol–water partition coefficient (Wildman–Crippen LogP) is 0.592. The molecule has 0 spiro atoms. The van der Waals surface area contributed by atoms with Crippen LogP contribution in [-0.2, 0) is 4.79 Å². The number of rotatable bonds is 8. The van der Waals surface area contributed by atoms with Crippen LogP contribution in [0.1, 0.15) is 32.6 Å². The molecule has 90 valence electrons. The zero-order valence-electron chi connectivity index (χ0n) is 9.91. The molecule has 0 heterocycles. The number of carbonyl (C=O) groups excluding carboxylic acids is 1. The van der Waals surface area contributed by atoms with E-state index >= 15 is 0 Å². The molecule has 0 aromatic rings. The van der Waals surface area contributed by atoms with E-state index in [1.165, 1.54) is 0 Å². The molecule has 0 radical (unpaired) electrons. The van der Waals surface area contributed by atoms with Crippen LogP contribution in [0.5, 0.6) is 0 Å². The van der Waals surface area contributed by atoms with E-state index in [1.807, 2.05) is 0 Å². The SMILES string of the molecule is CCC(CCN)CCC(=O)N(C)CCO. The Hall–Kier alpha value is -0.610. The number of likely N-dealkylation sites (N-methyl/N-ethyl adjacent to an activating group) is 1. The first-order valence-electron chi connectivity index (χ1n) is 5.70. The number of hydrogen-bond donors (Lipinski definition) is 2. The minimum atomic E-state index is 0.0300. The third-order valence-corrected chi connectivity index (χ3v) is 2.78. The molecule has 4 nitrogen and oxygen atoms in total. The summed E-state index contributed by atoms with van der Waals surface area (Å²) in [5.41, 5.74) is 5.49. The van der Waals surface area contributed by atoms with Crippen molar-refractivity contribution < 1.29 is 9.90 Å². The van der Waals surface area contributed by atoms with Gasteiger partial charge in [0.25, 0.3) is 0 Å². The molecule has 0 fully saturated rings. The molecule has 0 saturated heterocycles. The molecule has 15 heavy (non-hydrogen) atoms. The van der Waals surface area contributed by atoms with E-state index in [1.54, 1.807) is 11.9 Å². The highest BCUT2D eigenvalue weighted by Crippen LogP contribution is 2.14. The lowest BCUT2D eigenvalue weighted by molar-refractivity contribution is -0.130. The first-order chi connectivity index (χ1) is 7.15. The first kappa shape index (κ1) is 14.4. The fraction of sp³-hybridized carbons (Fsp3) is 0.909. The van der Waals surface area contributed by atoms with Crippen molar-refractivity contribution in [2.24, 2.45) is 11.7 Å². The van der Waals surface area contributed by atoms with Crippen molar-refractivity contribution in [3.63, 3.8) is 0 Å². The summed E-state index contributed by atoms with van der Waals surface area (Å²) in [6, 6.07) is 0. The largest absolute Gasteiger partial charge is 0.395 e. The van der Waals surface area contributed by atoms with Crippen molar-refractivity contribution >= 4 is 5.91 Å². The number of carbonyl (C=O) groups is 1. The second-order valence-electron chi connectivity index (χ2n) is 3.93. The van der Waals surface area contributed by atoms with E-state index in [9.17, 15) is 4.79 Å². The molecular formula is C11H24N2O2. The second kappa shape index (κ2) is 8.68. The molecule has 0 aliphatic rings. The summed E-state index contributed by atoms with van der Waals surface area (Å²) in [5.74, 6) is 0.668. The number of nitrogens with two attached hydrogens (primary N) is 1. The quantitative estimate of drug-likeness (QED) is 0.624. The van der Waals surface area contributed by atoms with Crippen LogP contribution in [0.25, 0.3) is 0 Å². The highest BCUT2D eigenvalue weighted by atomic mass is 16.3. The Morgan fingerprint density at radius 1 is 1.47 bits per heavy atom. The summed E-state index contributed by atoms with van der Waals surface area (Å²) in [6.07, 6.45) is 3.54. The van der Waals surface area contributed by atoms with Crippen molar-refractivity contribution in [3.8, 4) is 0 Å². The molecule has 1 amide bonds. The number of amides is 1. The maximum atomic E-state index is 11.5. The van der Waals surface area contributed by atoms with Crippen LogP contribution < -0.4 is 5.73 Å². The first-order valence-corrected chi connectivity index (χ1v) is 5.70. The van der Waals surface area contributed by atoms with Gasteiger partial charge in [-0.2, -0.15) is 0 Å². The molecule has 0 aliphatic carbocycles. The molecular weight excluding hydrogens is 192 g/mol. The van der Waals surface area contributed by atoms with E-state index in [2.05, 4.69) is 6.92 Å². The van der Waals surface area contributed by atoms with Gasteiger partial charge in [0.15, 0.2) is 0 Å². The van der Waals surface area contributed by atoms with Gasteiger partial charge in [0.05, 0.1) is 6.61 Å². The van der Waals surface area contributed by atoms with Crippen LogP contribution >= 0.6 is 0 Å². The highest BCUT2D eigenvalue weighted by molar-refractivity contribution is 5.75. The smallest absolute Gasteiger partial charge is 0.222 e. The average Bonchev–Trinajstić information content (AvgIpc) is 2.24. The molecule has 0 rings (SSSR count). The van der Waals surface area contributed by atoms with Gasteiger partial charge in [-0.05, 0) is 25.3 Å². The molecule has 0 aromatic carbocycles. The lowest BCUT2D eigenvalue weighted by Crippen LogP contribution is -2.29. The summed E-state index contributed by atoms with van der Waals surface area (Å²) in [6.45, 7) is 3.27. The molecule has 0 saturated carbocycles. The molecule has 3 N–H and O–H groups in total. The minimum Gasteiger partial charge on any atom is -0.395 e. The van der Waals surface area contributed by atoms with Gasteiger partial charge in [-0.3, -0.25) is 4.79 Å². The van der Waals surface area contributed by atoms with Gasteiger partial charge in [0, 0.05) is 20.0 Å². The third-order valence-electron chi connectivity index (χ3n) is 2.78. The van der Waals surface area contributed by atoms with Crippen LogP contribution in [0.4, 0.5) is 0 Å². The van der Waals surface area contributed by atoms with E-state index in [0.29, 0.717) is 25.4 Å². The highest BCUT2D eigenvalue weighted by Gasteiger charge is 2.11. The lowest BCUT2D eigenvalue weighted by atomic mass is 9.96. The van der Waals surface area contributed by atoms with E-state index in [4.69, 9.17) is 10.8 Å². The van der Waals surface area contributed by atoms with Crippen molar-refractivity contribution in [2.45, 2.75) is 32.6 Å². The van der Waals surface area contributed by atoms with E-state index < -0.39 is 0 Å². The van der Waals surface area contributed by atoms with Crippen LogP contribution in [0.3, 0.4) is 0 Å². The topological polar surface area (TPSA) is 66.6 Å². The number of aliphatic hydroxyl groups excluding tert-OH is 1. The van der Waals surface area contributed by atoms with Gasteiger partial charge in [0.2, 0.25) is 5.91 Å². The summed E-state index contributed by atoms with van der Waals surface area (Å²) in [4.78, 5) is 13.1. The maximum Gasteiger partial charge on any atom is 0.222 e. The second-order valence-corrected chi connectivity index (χ2v) is 3.93. The van der Waals surface area contributed by atoms with Crippen molar-refractivity contribution in [2.75, 3.05) is 26.7 Å². The van der Waals surface area contributed by atoms with Crippen molar-refractivity contribution in [3.05, 3.63) is 0 Å². The molecule has 4 heteroatoms. The number of hydrogen-bond acceptors (Lipinski definition) is 3. The Morgan fingerprint density at radius 2 is 2.13 bits per heavy atom. The molecule has 0 aliphatic heterocycles. The number of aliphatic hydroxyl groups is 1. The van der Waals surface area contributed by atoms with Gasteiger partial charge in [-0.15, -0.1) is 0 Å². The Morgan fingerprint density at radius 3 is 2.60 bits per heavy atom. The molecule has 1 atom stereocenters. The van der Waals surface area contributed by atoms with Crippen LogP contribution in [-0.4, -0.2) is 42.7 Å². The monoisotopic (exact) mass is 216 g/mol. The van der Waals surface area contributed by atoms with Crippen LogP contribution in [0, 0.1) is 5.92 Å². The fourth-order valence-corrected chi connectivity index (χ4v) is 1.58. The Kier molecular flexibility index (Phi) is 8.33. The molecule has 1 unspecified atom stereocenters. The van der Waals surface area contributed by atoms with Gasteiger partial charge < -0.3 is 15.7 Å². The lowest BCUT2D eigenvalue weighted by Gasteiger charge is -2.18. The standard InChI is InChI=1S/C11H24N2O2/c1-3-10(6-7-12)4-5-11(15)13(2)8-9-14/h10,14H,3-9,12H2,1-2H3. The Bertz CT molecular complexity index is 174. The Labute approximate surface area is 92.4 Å². The summed E-state index contributed by atoms with van der Waals surface area (Å²) in [5, 5.41) is 8.68. The Balaban J connectivity index is 3.76. The van der Waals surface area contributed by atoms with Crippen molar-refractivity contribution in [1.29, 1.82) is 0 Å². The molecule has 0 bridgehead atoms. The normalized spacial score (nSPS) is 12.5. The average molecular weight is 216 g/mol. The van der Waals surface area contributed by atoms with Gasteiger partial charge in [0.1, 0.15) is 0 Å². The van der Waals surface area contributed by atoms with Crippen LogP contribution in [0.15, 0.2) is 0 Å². The third kappa shape index (κ3) is 6.47.